The maximum absolute atomic E-state index is 4.67. The lowest BCUT2D eigenvalue weighted by Crippen LogP contribution is -1.89. The van der Waals surface area contributed by atoms with E-state index in [0.29, 0.717) is 0 Å². The lowest BCUT2D eigenvalue weighted by Gasteiger charge is -2.05. The van der Waals surface area contributed by atoms with Crippen molar-refractivity contribution in [3.63, 3.8) is 0 Å². The first-order valence-corrected chi connectivity index (χ1v) is 6.48. The van der Waals surface area contributed by atoms with Gasteiger partial charge in [0.1, 0.15) is 0 Å². The molecule has 0 fully saturated rings. The first-order valence-electron chi connectivity index (χ1n) is 6.48. The van der Waals surface area contributed by atoms with E-state index in [9.17, 15) is 0 Å². The first kappa shape index (κ1) is 11.1. The van der Waals surface area contributed by atoms with Gasteiger partial charge >= 0.3 is 0 Å². The average molecular weight is 257 g/mol. The van der Waals surface area contributed by atoms with E-state index in [1.165, 1.54) is 0 Å². The maximum Gasteiger partial charge on any atom is 0.0899 e. The number of benzene rings is 1. The van der Waals surface area contributed by atoms with E-state index in [4.69, 9.17) is 0 Å². The maximum atomic E-state index is 4.67. The van der Waals surface area contributed by atoms with Gasteiger partial charge in [0, 0.05) is 17.0 Å². The lowest BCUT2D eigenvalue weighted by atomic mass is 10.1. The van der Waals surface area contributed by atoms with Crippen molar-refractivity contribution >= 4 is 21.8 Å². The molecule has 0 saturated heterocycles. The van der Waals surface area contributed by atoms with Crippen LogP contribution in [0.1, 0.15) is 0 Å². The summed E-state index contributed by atoms with van der Waals surface area (Å²) in [6.45, 7) is 0. The van der Waals surface area contributed by atoms with Crippen LogP contribution in [0, 0.1) is 0 Å². The number of nitrogens with zero attached hydrogens (tertiary/aromatic N) is 3. The molecule has 0 spiro atoms. The predicted molar refractivity (Wildman–Crippen MR) is 80.3 cm³/mol. The van der Waals surface area contributed by atoms with E-state index < -0.39 is 0 Å². The number of hydrogen-bond donors (Lipinski definition) is 0. The molecule has 0 aliphatic rings. The Hall–Kier alpha value is -2.81. The third-order valence-corrected chi connectivity index (χ3v) is 3.37. The number of fused-ring (bicyclic) bond motifs is 3. The molecule has 0 radical (unpaired) electrons. The molecule has 94 valence electrons. The molecule has 4 rings (SSSR count). The summed E-state index contributed by atoms with van der Waals surface area (Å²) in [5.74, 6) is 0. The SMILES string of the molecule is c1ccc(-c2ccc3c(cnc4ccccc43)n2)nc1. The Balaban J connectivity index is 1.99. The Morgan fingerprint density at radius 1 is 0.600 bits per heavy atom. The Morgan fingerprint density at radius 3 is 2.35 bits per heavy atom. The van der Waals surface area contributed by atoms with Crippen LogP contribution in [0.15, 0.2) is 67.0 Å². The predicted octanol–water partition coefficient (Wildman–Crippen LogP) is 3.85. The van der Waals surface area contributed by atoms with Gasteiger partial charge in [-0.15, -0.1) is 0 Å². The second-order valence-corrected chi connectivity index (χ2v) is 4.62. The molecule has 1 aromatic carbocycles. The number of hydrogen-bond acceptors (Lipinski definition) is 3. The van der Waals surface area contributed by atoms with Crippen LogP contribution in [0.5, 0.6) is 0 Å². The van der Waals surface area contributed by atoms with Crippen LogP contribution >= 0.6 is 0 Å². The minimum Gasteiger partial charge on any atom is -0.255 e. The fourth-order valence-corrected chi connectivity index (χ4v) is 2.40. The molecule has 0 N–H and O–H groups in total. The zero-order valence-electron chi connectivity index (χ0n) is 10.7. The Bertz CT molecular complexity index is 901. The second kappa shape index (κ2) is 4.38. The molecular formula is C17H11N3. The van der Waals surface area contributed by atoms with Gasteiger partial charge in [-0.1, -0.05) is 24.3 Å². The van der Waals surface area contributed by atoms with Crippen LogP contribution in [-0.4, -0.2) is 15.0 Å². The minimum atomic E-state index is 0.871. The van der Waals surface area contributed by atoms with E-state index in [-0.39, 0.29) is 0 Å². The fourth-order valence-electron chi connectivity index (χ4n) is 2.40. The van der Waals surface area contributed by atoms with E-state index in [2.05, 4.69) is 27.1 Å². The van der Waals surface area contributed by atoms with E-state index in [0.717, 1.165) is 33.2 Å². The van der Waals surface area contributed by atoms with Crippen molar-refractivity contribution in [2.24, 2.45) is 0 Å². The molecule has 20 heavy (non-hydrogen) atoms. The van der Waals surface area contributed by atoms with Crippen LogP contribution in [0.2, 0.25) is 0 Å². The summed E-state index contributed by atoms with van der Waals surface area (Å²) in [6.07, 6.45) is 3.60. The highest BCUT2D eigenvalue weighted by Gasteiger charge is 2.05. The summed E-state index contributed by atoms with van der Waals surface area (Å²) < 4.78 is 0. The van der Waals surface area contributed by atoms with Crippen molar-refractivity contribution in [2.45, 2.75) is 0 Å². The highest BCUT2D eigenvalue weighted by atomic mass is 14.8. The molecule has 0 aliphatic carbocycles. The molecule has 0 aliphatic heterocycles. The topological polar surface area (TPSA) is 38.7 Å². The summed E-state index contributed by atoms with van der Waals surface area (Å²) in [7, 11) is 0. The summed E-state index contributed by atoms with van der Waals surface area (Å²) in [5.41, 5.74) is 3.64. The summed E-state index contributed by atoms with van der Waals surface area (Å²) in [5, 5.41) is 2.25. The van der Waals surface area contributed by atoms with Crippen LogP contribution in [0.3, 0.4) is 0 Å². The van der Waals surface area contributed by atoms with Gasteiger partial charge in [0.15, 0.2) is 0 Å². The zero-order valence-corrected chi connectivity index (χ0v) is 10.7. The van der Waals surface area contributed by atoms with Crippen molar-refractivity contribution in [3.8, 4) is 11.4 Å². The first-order chi connectivity index (χ1) is 9.92. The largest absolute Gasteiger partial charge is 0.255 e. The van der Waals surface area contributed by atoms with Crippen molar-refractivity contribution < 1.29 is 0 Å². The van der Waals surface area contributed by atoms with Gasteiger partial charge < -0.3 is 0 Å². The van der Waals surface area contributed by atoms with Gasteiger partial charge in [-0.05, 0) is 30.3 Å². The quantitative estimate of drug-likeness (QED) is 0.486. The molecule has 3 nitrogen and oxygen atoms in total. The number of aromatic nitrogens is 3. The molecule has 3 aromatic heterocycles. The van der Waals surface area contributed by atoms with Crippen LogP contribution in [-0.2, 0) is 0 Å². The number of rotatable bonds is 1. The second-order valence-electron chi connectivity index (χ2n) is 4.62. The minimum absolute atomic E-state index is 0.871. The van der Waals surface area contributed by atoms with Crippen molar-refractivity contribution in [3.05, 3.63) is 67.0 Å². The summed E-state index contributed by atoms with van der Waals surface area (Å²) in [4.78, 5) is 13.5. The van der Waals surface area contributed by atoms with E-state index >= 15 is 0 Å². The monoisotopic (exact) mass is 257 g/mol. The van der Waals surface area contributed by atoms with E-state index in [1.54, 1.807) is 6.20 Å². The van der Waals surface area contributed by atoms with Gasteiger partial charge in [-0.25, -0.2) is 4.98 Å². The summed E-state index contributed by atoms with van der Waals surface area (Å²) in [6, 6.07) is 18.0. The van der Waals surface area contributed by atoms with Gasteiger partial charge in [0.25, 0.3) is 0 Å². The molecule has 0 amide bonds. The normalized spacial score (nSPS) is 11.0. The van der Waals surface area contributed by atoms with E-state index in [1.807, 2.05) is 48.7 Å². The van der Waals surface area contributed by atoms with Gasteiger partial charge in [-0.2, -0.15) is 0 Å². The smallest absolute Gasteiger partial charge is 0.0899 e. The fraction of sp³-hybridized carbons (Fsp3) is 0. The molecule has 0 atom stereocenters. The Morgan fingerprint density at radius 2 is 1.45 bits per heavy atom. The van der Waals surface area contributed by atoms with Crippen molar-refractivity contribution in [1.82, 2.24) is 15.0 Å². The standard InChI is InChI=1S/C17H11N3/c1-2-6-14-12(5-1)13-8-9-16(20-17(13)11-19-14)15-7-3-4-10-18-15/h1-11H. The number of para-hydroxylation sites is 1. The van der Waals surface area contributed by atoms with Gasteiger partial charge in [0.2, 0.25) is 0 Å². The molecule has 0 unspecified atom stereocenters. The molecule has 3 heteroatoms. The zero-order chi connectivity index (χ0) is 13.4. The average Bonchev–Trinajstić information content (AvgIpc) is 2.55. The van der Waals surface area contributed by atoms with Crippen LogP contribution < -0.4 is 0 Å². The molecule has 4 aromatic rings. The van der Waals surface area contributed by atoms with Crippen molar-refractivity contribution in [1.29, 1.82) is 0 Å². The Kier molecular flexibility index (Phi) is 2.42. The highest BCUT2D eigenvalue weighted by Crippen LogP contribution is 2.24. The van der Waals surface area contributed by atoms with Crippen molar-refractivity contribution in [2.75, 3.05) is 0 Å². The van der Waals surface area contributed by atoms with Gasteiger partial charge in [0.05, 0.1) is 28.6 Å². The molecule has 0 bridgehead atoms. The number of pyridine rings is 3. The Labute approximate surface area is 116 Å². The molecular weight excluding hydrogens is 246 g/mol. The van der Waals surface area contributed by atoms with Crippen LogP contribution in [0.4, 0.5) is 0 Å². The van der Waals surface area contributed by atoms with Gasteiger partial charge in [-0.3, -0.25) is 9.97 Å². The lowest BCUT2D eigenvalue weighted by molar-refractivity contribution is 1.27. The summed E-state index contributed by atoms with van der Waals surface area (Å²) >= 11 is 0. The molecule has 0 saturated carbocycles. The molecule has 3 heterocycles. The van der Waals surface area contributed by atoms with Crippen LogP contribution in [0.25, 0.3) is 33.2 Å². The third-order valence-electron chi connectivity index (χ3n) is 3.37. The highest BCUT2D eigenvalue weighted by molar-refractivity contribution is 6.04. The third kappa shape index (κ3) is 1.72.